The van der Waals surface area contributed by atoms with Crippen LogP contribution in [0.3, 0.4) is 0 Å². The third-order valence-corrected chi connectivity index (χ3v) is 2.55. The summed E-state index contributed by atoms with van der Waals surface area (Å²) in [5, 5.41) is 5.99. The Labute approximate surface area is 86.7 Å². The van der Waals surface area contributed by atoms with Gasteiger partial charge < -0.3 is 16.4 Å². The molecular formula is C10H12FN3O. The average Bonchev–Trinajstić information content (AvgIpc) is 2.13. The van der Waals surface area contributed by atoms with Crippen LogP contribution in [-0.4, -0.2) is 24.5 Å². The smallest absolute Gasteiger partial charge is 0.245 e. The maximum Gasteiger partial charge on any atom is 0.245 e. The van der Waals surface area contributed by atoms with Crippen molar-refractivity contribution in [2.45, 2.75) is 5.54 Å². The minimum absolute atomic E-state index is 0.305. The molecule has 0 saturated carbocycles. The topological polar surface area (TPSA) is 67.2 Å². The van der Waals surface area contributed by atoms with Crippen LogP contribution < -0.4 is 16.4 Å². The Morgan fingerprint density at radius 2 is 2.00 bits per heavy atom. The van der Waals surface area contributed by atoms with Crippen molar-refractivity contribution in [2.75, 3.05) is 18.4 Å². The van der Waals surface area contributed by atoms with Gasteiger partial charge in [0, 0.05) is 18.8 Å². The van der Waals surface area contributed by atoms with Crippen LogP contribution >= 0.6 is 0 Å². The van der Waals surface area contributed by atoms with Crippen LogP contribution in [0.25, 0.3) is 0 Å². The highest BCUT2D eigenvalue weighted by molar-refractivity contribution is 5.89. The van der Waals surface area contributed by atoms with E-state index in [1.54, 1.807) is 12.1 Å². The molecule has 1 saturated heterocycles. The second-order valence-electron chi connectivity index (χ2n) is 3.68. The predicted molar refractivity (Wildman–Crippen MR) is 54.8 cm³/mol. The number of rotatable bonds is 3. The molecule has 1 heterocycles. The van der Waals surface area contributed by atoms with Gasteiger partial charge in [-0.2, -0.15) is 0 Å². The third-order valence-electron chi connectivity index (χ3n) is 2.55. The molecule has 0 unspecified atom stereocenters. The van der Waals surface area contributed by atoms with Gasteiger partial charge in [0.15, 0.2) is 0 Å². The first-order valence-electron chi connectivity index (χ1n) is 4.67. The Balaban J connectivity index is 2.13. The van der Waals surface area contributed by atoms with Gasteiger partial charge in [-0.15, -0.1) is 0 Å². The zero-order chi connectivity index (χ0) is 10.9. The SMILES string of the molecule is NC(=O)C1(Nc2ccc(F)cc2)CNC1. The number of nitrogens with one attached hydrogen (secondary N) is 2. The second kappa shape index (κ2) is 3.51. The standard InChI is InChI=1S/C10H12FN3O/c11-7-1-3-8(4-2-7)14-10(9(12)15)5-13-6-10/h1-4,13-14H,5-6H2,(H2,12,15). The Morgan fingerprint density at radius 3 is 2.40 bits per heavy atom. The van der Waals surface area contributed by atoms with Gasteiger partial charge in [-0.25, -0.2) is 4.39 Å². The van der Waals surface area contributed by atoms with Crippen LogP contribution in [0.4, 0.5) is 10.1 Å². The molecule has 0 aliphatic carbocycles. The summed E-state index contributed by atoms with van der Waals surface area (Å²) >= 11 is 0. The minimum Gasteiger partial charge on any atom is -0.369 e. The number of carbonyl (C=O) groups excluding carboxylic acids is 1. The number of halogens is 1. The quantitative estimate of drug-likeness (QED) is 0.659. The lowest BCUT2D eigenvalue weighted by Gasteiger charge is -2.41. The van der Waals surface area contributed by atoms with E-state index in [0.29, 0.717) is 18.8 Å². The number of hydrogen-bond donors (Lipinski definition) is 3. The molecule has 0 atom stereocenters. The first-order chi connectivity index (χ1) is 7.12. The van der Waals surface area contributed by atoms with Gasteiger partial charge in [0.2, 0.25) is 5.91 Å². The molecule has 0 aromatic heterocycles. The summed E-state index contributed by atoms with van der Waals surface area (Å²) in [5.74, 6) is -0.703. The Hall–Kier alpha value is -1.62. The summed E-state index contributed by atoms with van der Waals surface area (Å²) in [4.78, 5) is 11.2. The highest BCUT2D eigenvalue weighted by Gasteiger charge is 2.42. The van der Waals surface area contributed by atoms with Gasteiger partial charge in [0.25, 0.3) is 0 Å². The van der Waals surface area contributed by atoms with Crippen molar-refractivity contribution in [3.8, 4) is 0 Å². The molecule has 2 rings (SSSR count). The summed E-state index contributed by atoms with van der Waals surface area (Å²) < 4.78 is 12.6. The first-order valence-corrected chi connectivity index (χ1v) is 4.67. The van der Waals surface area contributed by atoms with E-state index < -0.39 is 11.4 Å². The number of hydrogen-bond acceptors (Lipinski definition) is 3. The highest BCUT2D eigenvalue weighted by Crippen LogP contribution is 2.19. The Morgan fingerprint density at radius 1 is 1.40 bits per heavy atom. The van der Waals surface area contributed by atoms with E-state index in [1.165, 1.54) is 12.1 Å². The minimum atomic E-state index is -0.724. The number of amides is 1. The van der Waals surface area contributed by atoms with Gasteiger partial charge in [-0.1, -0.05) is 0 Å². The fraction of sp³-hybridized carbons (Fsp3) is 0.300. The summed E-state index contributed by atoms with van der Waals surface area (Å²) in [6.45, 7) is 0.999. The largest absolute Gasteiger partial charge is 0.369 e. The van der Waals surface area contributed by atoms with E-state index in [9.17, 15) is 9.18 Å². The summed E-state index contributed by atoms with van der Waals surface area (Å²) in [6, 6.07) is 5.84. The number of nitrogens with two attached hydrogens (primary N) is 1. The molecule has 1 amide bonds. The molecule has 1 aromatic carbocycles. The number of anilines is 1. The van der Waals surface area contributed by atoms with Gasteiger partial charge in [-0.3, -0.25) is 4.79 Å². The van der Waals surface area contributed by atoms with E-state index >= 15 is 0 Å². The normalized spacial score (nSPS) is 17.9. The zero-order valence-electron chi connectivity index (χ0n) is 8.09. The summed E-state index contributed by atoms with van der Waals surface area (Å²) in [7, 11) is 0. The number of carbonyl (C=O) groups is 1. The van der Waals surface area contributed by atoms with E-state index in [0.717, 1.165) is 0 Å². The molecule has 0 radical (unpaired) electrons. The van der Waals surface area contributed by atoms with Crippen molar-refractivity contribution >= 4 is 11.6 Å². The van der Waals surface area contributed by atoms with Crippen LogP contribution in [0.15, 0.2) is 24.3 Å². The molecule has 15 heavy (non-hydrogen) atoms. The monoisotopic (exact) mass is 209 g/mol. The fourth-order valence-electron chi connectivity index (χ4n) is 1.51. The lowest BCUT2D eigenvalue weighted by molar-refractivity contribution is -0.123. The maximum atomic E-state index is 12.6. The summed E-state index contributed by atoms with van der Waals surface area (Å²) in [5.41, 5.74) is 5.26. The molecule has 5 heteroatoms. The van der Waals surface area contributed by atoms with Crippen molar-refractivity contribution in [3.63, 3.8) is 0 Å². The van der Waals surface area contributed by atoms with E-state index in [-0.39, 0.29) is 5.82 Å². The molecule has 0 spiro atoms. The lowest BCUT2D eigenvalue weighted by atomic mass is 9.91. The molecule has 1 aromatic rings. The zero-order valence-corrected chi connectivity index (χ0v) is 8.09. The Bertz CT molecular complexity index is 373. The van der Waals surface area contributed by atoms with Gasteiger partial charge in [-0.05, 0) is 24.3 Å². The van der Waals surface area contributed by atoms with Gasteiger partial charge in [0.05, 0.1) is 0 Å². The average molecular weight is 209 g/mol. The van der Waals surface area contributed by atoms with Crippen LogP contribution in [0.2, 0.25) is 0 Å². The van der Waals surface area contributed by atoms with Crippen LogP contribution in [0.5, 0.6) is 0 Å². The number of primary amides is 1. The highest BCUT2D eigenvalue weighted by atomic mass is 19.1. The third kappa shape index (κ3) is 1.78. The Kier molecular flexibility index (Phi) is 2.32. The molecule has 1 aliphatic heterocycles. The van der Waals surface area contributed by atoms with Crippen LogP contribution in [0, 0.1) is 5.82 Å². The summed E-state index contributed by atoms with van der Waals surface area (Å²) in [6.07, 6.45) is 0. The molecule has 4 N–H and O–H groups in total. The van der Waals surface area contributed by atoms with Crippen LogP contribution in [-0.2, 0) is 4.79 Å². The van der Waals surface area contributed by atoms with E-state index in [1.807, 2.05) is 0 Å². The van der Waals surface area contributed by atoms with E-state index in [4.69, 9.17) is 5.73 Å². The molecule has 4 nitrogen and oxygen atoms in total. The maximum absolute atomic E-state index is 12.6. The fourth-order valence-corrected chi connectivity index (χ4v) is 1.51. The van der Waals surface area contributed by atoms with Crippen molar-refractivity contribution in [1.29, 1.82) is 0 Å². The van der Waals surface area contributed by atoms with Crippen molar-refractivity contribution < 1.29 is 9.18 Å². The lowest BCUT2D eigenvalue weighted by Crippen LogP contribution is -2.70. The van der Waals surface area contributed by atoms with Gasteiger partial charge in [0.1, 0.15) is 11.4 Å². The van der Waals surface area contributed by atoms with E-state index in [2.05, 4.69) is 10.6 Å². The first kappa shape index (κ1) is 9.92. The molecule has 0 bridgehead atoms. The van der Waals surface area contributed by atoms with Crippen molar-refractivity contribution in [1.82, 2.24) is 5.32 Å². The van der Waals surface area contributed by atoms with Crippen LogP contribution in [0.1, 0.15) is 0 Å². The molecule has 80 valence electrons. The van der Waals surface area contributed by atoms with Crippen molar-refractivity contribution in [2.24, 2.45) is 5.73 Å². The molecule has 1 aliphatic rings. The molecule has 1 fully saturated rings. The predicted octanol–water partition coefficient (Wildman–Crippen LogP) is 0.0649. The molecular weight excluding hydrogens is 197 g/mol. The van der Waals surface area contributed by atoms with Gasteiger partial charge >= 0.3 is 0 Å². The number of benzene rings is 1. The van der Waals surface area contributed by atoms with Crippen molar-refractivity contribution in [3.05, 3.63) is 30.1 Å². The second-order valence-corrected chi connectivity index (χ2v) is 3.68.